The van der Waals surface area contributed by atoms with Gasteiger partial charge in [0.25, 0.3) is 5.91 Å². The van der Waals surface area contributed by atoms with E-state index in [0.29, 0.717) is 17.2 Å². The van der Waals surface area contributed by atoms with Crippen molar-refractivity contribution in [1.82, 2.24) is 4.90 Å². The number of carbonyl (C=O) groups excluding carboxylic acids is 2. The number of aryl methyl sites for hydroxylation is 2. The van der Waals surface area contributed by atoms with Crippen molar-refractivity contribution in [2.45, 2.75) is 26.4 Å². The van der Waals surface area contributed by atoms with E-state index in [1.807, 2.05) is 32.0 Å². The second kappa shape index (κ2) is 7.38. The highest BCUT2D eigenvalue weighted by Gasteiger charge is 2.32. The SMILES string of the molecule is Cc1cccc(C)c1NC(=O)CN(C)C(=O)[C@H]1Cc2cc(Cl)ccc2O1. The molecule has 136 valence electrons. The number of benzene rings is 2. The maximum atomic E-state index is 12.6. The number of anilines is 1. The summed E-state index contributed by atoms with van der Waals surface area (Å²) in [4.78, 5) is 26.3. The first kappa shape index (κ1) is 18.3. The van der Waals surface area contributed by atoms with Gasteiger partial charge in [-0.25, -0.2) is 0 Å². The lowest BCUT2D eigenvalue weighted by Crippen LogP contribution is -2.42. The molecule has 5 nitrogen and oxygen atoms in total. The molecule has 3 rings (SSSR count). The maximum Gasteiger partial charge on any atom is 0.264 e. The number of rotatable bonds is 4. The van der Waals surface area contributed by atoms with Crippen molar-refractivity contribution in [1.29, 1.82) is 0 Å². The van der Waals surface area contributed by atoms with E-state index >= 15 is 0 Å². The second-order valence-electron chi connectivity index (χ2n) is 6.57. The van der Waals surface area contributed by atoms with Gasteiger partial charge in [0.1, 0.15) is 5.75 Å². The number of hydrogen-bond donors (Lipinski definition) is 1. The Labute approximate surface area is 157 Å². The highest BCUT2D eigenvalue weighted by atomic mass is 35.5. The van der Waals surface area contributed by atoms with Crippen molar-refractivity contribution in [3.63, 3.8) is 0 Å². The monoisotopic (exact) mass is 372 g/mol. The van der Waals surface area contributed by atoms with Crippen molar-refractivity contribution in [3.8, 4) is 5.75 Å². The Bertz CT molecular complexity index is 846. The Morgan fingerprint density at radius 1 is 1.23 bits per heavy atom. The average Bonchev–Trinajstić information content (AvgIpc) is 3.00. The first-order chi connectivity index (χ1) is 12.3. The van der Waals surface area contributed by atoms with Gasteiger partial charge in [-0.2, -0.15) is 0 Å². The Morgan fingerprint density at radius 2 is 1.92 bits per heavy atom. The van der Waals surface area contributed by atoms with Gasteiger partial charge in [-0.1, -0.05) is 29.8 Å². The van der Waals surface area contributed by atoms with Gasteiger partial charge in [-0.05, 0) is 48.7 Å². The number of hydrogen-bond acceptors (Lipinski definition) is 3. The molecule has 0 fully saturated rings. The fraction of sp³-hybridized carbons (Fsp3) is 0.300. The summed E-state index contributed by atoms with van der Waals surface area (Å²) < 4.78 is 5.70. The molecule has 1 atom stereocenters. The van der Waals surface area contributed by atoms with Gasteiger partial charge < -0.3 is 15.0 Å². The number of carbonyl (C=O) groups is 2. The van der Waals surface area contributed by atoms with Crippen molar-refractivity contribution < 1.29 is 14.3 Å². The van der Waals surface area contributed by atoms with E-state index in [4.69, 9.17) is 16.3 Å². The van der Waals surface area contributed by atoms with Crippen LogP contribution in [-0.4, -0.2) is 36.4 Å². The van der Waals surface area contributed by atoms with Gasteiger partial charge in [0.15, 0.2) is 6.10 Å². The van der Waals surface area contributed by atoms with Crippen LogP contribution >= 0.6 is 11.6 Å². The minimum atomic E-state index is -0.624. The molecule has 1 heterocycles. The molecule has 0 aliphatic carbocycles. The fourth-order valence-electron chi connectivity index (χ4n) is 3.08. The molecule has 0 saturated carbocycles. The van der Waals surface area contributed by atoms with Crippen LogP contribution in [-0.2, 0) is 16.0 Å². The van der Waals surface area contributed by atoms with Crippen LogP contribution in [0.15, 0.2) is 36.4 Å². The minimum Gasteiger partial charge on any atom is -0.480 e. The second-order valence-corrected chi connectivity index (χ2v) is 7.01. The highest BCUT2D eigenvalue weighted by Crippen LogP contribution is 2.31. The summed E-state index contributed by atoms with van der Waals surface area (Å²) in [5.41, 5.74) is 3.67. The molecular formula is C20H21ClN2O3. The van der Waals surface area contributed by atoms with Gasteiger partial charge in [0.05, 0.1) is 6.54 Å². The normalized spacial score (nSPS) is 15.2. The maximum absolute atomic E-state index is 12.6. The van der Waals surface area contributed by atoms with E-state index in [-0.39, 0.29) is 18.4 Å². The first-order valence-corrected chi connectivity index (χ1v) is 8.79. The Hall–Kier alpha value is -2.53. The molecule has 1 aliphatic heterocycles. The van der Waals surface area contributed by atoms with Crippen LogP contribution in [0, 0.1) is 13.8 Å². The third kappa shape index (κ3) is 3.83. The van der Waals surface area contributed by atoms with Crippen LogP contribution in [0.5, 0.6) is 5.75 Å². The van der Waals surface area contributed by atoms with E-state index in [1.165, 1.54) is 4.90 Å². The standard InChI is InChI=1S/C20H21ClN2O3/c1-12-5-4-6-13(2)19(12)22-18(24)11-23(3)20(25)17-10-14-9-15(21)7-8-16(14)26-17/h4-9,17H,10-11H2,1-3H3,(H,22,24)/t17-/m1/s1. The van der Waals surface area contributed by atoms with Crippen molar-refractivity contribution in [2.24, 2.45) is 0 Å². The zero-order valence-electron chi connectivity index (χ0n) is 15.0. The fourth-order valence-corrected chi connectivity index (χ4v) is 3.28. The summed E-state index contributed by atoms with van der Waals surface area (Å²) in [5.74, 6) is 0.201. The first-order valence-electron chi connectivity index (χ1n) is 8.41. The summed E-state index contributed by atoms with van der Waals surface area (Å²) in [5, 5.41) is 3.50. The van der Waals surface area contributed by atoms with Crippen molar-refractivity contribution in [2.75, 3.05) is 18.9 Å². The zero-order chi connectivity index (χ0) is 18.8. The number of nitrogens with zero attached hydrogens (tertiary/aromatic N) is 1. The summed E-state index contributed by atoms with van der Waals surface area (Å²) in [7, 11) is 1.60. The highest BCUT2D eigenvalue weighted by molar-refractivity contribution is 6.30. The number of ether oxygens (including phenoxy) is 1. The van der Waals surface area contributed by atoms with Gasteiger partial charge in [0.2, 0.25) is 5.91 Å². The molecule has 0 bridgehead atoms. The van der Waals surface area contributed by atoms with Crippen molar-refractivity contribution in [3.05, 3.63) is 58.1 Å². The zero-order valence-corrected chi connectivity index (χ0v) is 15.8. The molecule has 1 N–H and O–H groups in total. The van der Waals surface area contributed by atoms with E-state index in [1.54, 1.807) is 25.2 Å². The lowest BCUT2D eigenvalue weighted by Gasteiger charge is -2.21. The number of nitrogens with one attached hydrogen (secondary N) is 1. The number of amides is 2. The third-order valence-corrected chi connectivity index (χ3v) is 4.71. The van der Waals surface area contributed by atoms with Crippen LogP contribution in [0.1, 0.15) is 16.7 Å². The van der Waals surface area contributed by atoms with Gasteiger partial charge >= 0.3 is 0 Å². The van der Waals surface area contributed by atoms with Crippen LogP contribution in [0.4, 0.5) is 5.69 Å². The summed E-state index contributed by atoms with van der Waals surface area (Å²) >= 11 is 5.98. The number of para-hydroxylation sites is 1. The quantitative estimate of drug-likeness (QED) is 0.895. The summed E-state index contributed by atoms with van der Waals surface area (Å²) in [6, 6.07) is 11.1. The minimum absolute atomic E-state index is 0.0381. The van der Waals surface area contributed by atoms with Crippen LogP contribution < -0.4 is 10.1 Å². The smallest absolute Gasteiger partial charge is 0.264 e. The molecular weight excluding hydrogens is 352 g/mol. The Kier molecular flexibility index (Phi) is 5.18. The van der Waals surface area contributed by atoms with Gasteiger partial charge in [-0.3, -0.25) is 9.59 Å². The van der Waals surface area contributed by atoms with Gasteiger partial charge in [-0.15, -0.1) is 0 Å². The van der Waals surface area contributed by atoms with E-state index < -0.39 is 6.10 Å². The molecule has 0 radical (unpaired) electrons. The molecule has 6 heteroatoms. The largest absolute Gasteiger partial charge is 0.480 e. The van der Waals surface area contributed by atoms with Crippen LogP contribution in [0.2, 0.25) is 5.02 Å². The molecule has 0 saturated heterocycles. The predicted octanol–water partition coefficient (Wildman–Crippen LogP) is 3.36. The Morgan fingerprint density at radius 3 is 2.62 bits per heavy atom. The van der Waals surface area contributed by atoms with Crippen LogP contribution in [0.25, 0.3) is 0 Å². The molecule has 0 aromatic heterocycles. The third-order valence-electron chi connectivity index (χ3n) is 4.48. The van der Waals surface area contributed by atoms with E-state index in [9.17, 15) is 9.59 Å². The molecule has 0 spiro atoms. The lowest BCUT2D eigenvalue weighted by atomic mass is 10.1. The lowest BCUT2D eigenvalue weighted by molar-refractivity contribution is -0.139. The number of likely N-dealkylation sites (N-methyl/N-ethyl adjacent to an activating group) is 1. The molecule has 1 aliphatic rings. The topological polar surface area (TPSA) is 58.6 Å². The average molecular weight is 373 g/mol. The molecule has 2 amide bonds. The predicted molar refractivity (Wildman–Crippen MR) is 102 cm³/mol. The Balaban J connectivity index is 1.60. The molecule has 2 aromatic rings. The summed E-state index contributed by atoms with van der Waals surface area (Å²) in [6.07, 6.45) is -0.168. The van der Waals surface area contributed by atoms with E-state index in [2.05, 4.69) is 5.32 Å². The van der Waals surface area contributed by atoms with Gasteiger partial charge in [0, 0.05) is 24.2 Å². The molecule has 2 aromatic carbocycles. The molecule has 0 unspecified atom stereocenters. The van der Waals surface area contributed by atoms with E-state index in [0.717, 1.165) is 22.4 Å². The van der Waals surface area contributed by atoms with Crippen molar-refractivity contribution >= 4 is 29.1 Å². The number of fused-ring (bicyclic) bond motifs is 1. The number of halogens is 1. The molecule has 26 heavy (non-hydrogen) atoms. The summed E-state index contributed by atoms with van der Waals surface area (Å²) in [6.45, 7) is 3.84. The van der Waals surface area contributed by atoms with Crippen LogP contribution in [0.3, 0.4) is 0 Å².